The van der Waals surface area contributed by atoms with E-state index in [9.17, 15) is 4.79 Å². The van der Waals surface area contributed by atoms with E-state index >= 15 is 0 Å². The van der Waals surface area contributed by atoms with Crippen molar-refractivity contribution < 1.29 is 14.3 Å². The number of hydrogen-bond donors (Lipinski definition) is 0. The number of piperidine rings is 1. The van der Waals surface area contributed by atoms with Crippen LogP contribution in [0.4, 0.5) is 4.79 Å². The number of hydrogen-bond acceptors (Lipinski definition) is 3. The van der Waals surface area contributed by atoms with Gasteiger partial charge >= 0.3 is 6.09 Å². The van der Waals surface area contributed by atoms with Crippen molar-refractivity contribution in [1.82, 2.24) is 4.90 Å². The van der Waals surface area contributed by atoms with Crippen LogP contribution in [0.2, 0.25) is 0 Å². The van der Waals surface area contributed by atoms with Crippen molar-refractivity contribution in [3.63, 3.8) is 0 Å². The van der Waals surface area contributed by atoms with Gasteiger partial charge in [-0.15, -0.1) is 0 Å². The third-order valence-corrected chi connectivity index (χ3v) is 2.68. The number of ether oxygens (including phenoxy) is 2. The van der Waals surface area contributed by atoms with Gasteiger partial charge in [0.05, 0.1) is 13.4 Å². The normalized spacial score (nSPS) is 23.7. The summed E-state index contributed by atoms with van der Waals surface area (Å²) in [6, 6.07) is 0.167. The van der Waals surface area contributed by atoms with Gasteiger partial charge in [0.2, 0.25) is 0 Å². The van der Waals surface area contributed by atoms with E-state index in [1.165, 1.54) is 5.57 Å². The van der Waals surface area contributed by atoms with E-state index in [2.05, 4.69) is 0 Å². The zero-order chi connectivity index (χ0) is 13.1. The lowest BCUT2D eigenvalue weighted by Gasteiger charge is -2.35. The van der Waals surface area contributed by atoms with Crippen molar-refractivity contribution in [2.45, 2.75) is 52.2 Å². The zero-order valence-corrected chi connectivity index (χ0v) is 11.4. The highest BCUT2D eigenvalue weighted by atomic mass is 16.6. The molecule has 1 atom stereocenters. The molecule has 0 saturated carbocycles. The highest BCUT2D eigenvalue weighted by Crippen LogP contribution is 2.23. The topological polar surface area (TPSA) is 38.8 Å². The summed E-state index contributed by atoms with van der Waals surface area (Å²) in [7, 11) is 1.65. The van der Waals surface area contributed by atoms with Gasteiger partial charge in [-0.25, -0.2) is 4.79 Å². The van der Waals surface area contributed by atoms with E-state index in [0.29, 0.717) is 6.54 Å². The Morgan fingerprint density at radius 3 is 2.59 bits per heavy atom. The molecule has 1 aliphatic heterocycles. The molecule has 0 aromatic rings. The summed E-state index contributed by atoms with van der Waals surface area (Å²) in [5.41, 5.74) is 0.819. The van der Waals surface area contributed by atoms with Crippen LogP contribution >= 0.6 is 0 Å². The fourth-order valence-electron chi connectivity index (χ4n) is 1.94. The molecule has 0 aliphatic carbocycles. The maximum Gasteiger partial charge on any atom is 0.410 e. The molecule has 17 heavy (non-hydrogen) atoms. The van der Waals surface area contributed by atoms with Crippen molar-refractivity contribution in [2.75, 3.05) is 13.7 Å². The molecule has 1 saturated heterocycles. The maximum absolute atomic E-state index is 11.9. The van der Waals surface area contributed by atoms with Gasteiger partial charge in [-0.2, -0.15) is 0 Å². The summed E-state index contributed by atoms with van der Waals surface area (Å²) in [4.78, 5) is 13.7. The number of amides is 1. The van der Waals surface area contributed by atoms with E-state index in [0.717, 1.165) is 12.8 Å². The van der Waals surface area contributed by atoms with Crippen molar-refractivity contribution in [3.05, 3.63) is 11.8 Å². The van der Waals surface area contributed by atoms with Crippen molar-refractivity contribution in [1.29, 1.82) is 0 Å². The Balaban J connectivity index is 2.58. The van der Waals surface area contributed by atoms with Crippen LogP contribution in [0.5, 0.6) is 0 Å². The Bertz CT molecular complexity index is 304. The third kappa shape index (κ3) is 4.29. The highest BCUT2D eigenvalue weighted by molar-refractivity contribution is 5.68. The largest absolute Gasteiger partial charge is 0.504 e. The Kier molecular flexibility index (Phi) is 4.43. The number of methoxy groups -OCH3 is 1. The minimum atomic E-state index is -0.431. The smallest absolute Gasteiger partial charge is 0.410 e. The molecule has 0 bridgehead atoms. The second kappa shape index (κ2) is 5.43. The van der Waals surface area contributed by atoms with Crippen molar-refractivity contribution >= 4 is 6.09 Å². The van der Waals surface area contributed by atoms with Gasteiger partial charge in [-0.1, -0.05) is 0 Å². The first kappa shape index (κ1) is 13.9. The van der Waals surface area contributed by atoms with E-state index in [1.807, 2.05) is 27.7 Å². The number of carbonyl (C=O) groups is 1. The van der Waals surface area contributed by atoms with Crippen LogP contribution in [0.25, 0.3) is 0 Å². The molecule has 98 valence electrons. The highest BCUT2D eigenvalue weighted by Gasteiger charge is 2.29. The summed E-state index contributed by atoms with van der Waals surface area (Å²) >= 11 is 0. The molecule has 4 nitrogen and oxygen atoms in total. The average Bonchev–Trinajstić information content (AvgIpc) is 2.15. The standard InChI is InChI=1S/C13H23NO3/c1-10-8-11(9-16-5)6-7-14(10)12(15)17-13(2,3)4/h9-10H,6-8H2,1-5H3. The first-order valence-electron chi connectivity index (χ1n) is 6.04. The number of nitrogens with zero attached hydrogens (tertiary/aromatic N) is 1. The Labute approximate surface area is 104 Å². The van der Waals surface area contributed by atoms with Crippen LogP contribution in [0, 0.1) is 0 Å². The van der Waals surface area contributed by atoms with Crippen molar-refractivity contribution in [3.8, 4) is 0 Å². The summed E-state index contributed by atoms with van der Waals surface area (Å²) in [5, 5.41) is 0. The molecule has 1 aliphatic rings. The predicted octanol–water partition coefficient (Wildman–Crippen LogP) is 2.94. The predicted molar refractivity (Wildman–Crippen MR) is 66.7 cm³/mol. The van der Waals surface area contributed by atoms with Gasteiger partial charge in [0.1, 0.15) is 5.60 Å². The molecule has 0 N–H and O–H groups in total. The van der Waals surface area contributed by atoms with Crippen LogP contribution in [0.3, 0.4) is 0 Å². The quantitative estimate of drug-likeness (QED) is 0.662. The molecule has 4 heteroatoms. The fourth-order valence-corrected chi connectivity index (χ4v) is 1.94. The van der Waals surface area contributed by atoms with Crippen LogP contribution in [-0.2, 0) is 9.47 Å². The SMILES string of the molecule is COC=C1CCN(C(=O)OC(C)(C)C)C(C)C1. The van der Waals surface area contributed by atoms with Crippen LogP contribution in [0.1, 0.15) is 40.5 Å². The lowest BCUT2D eigenvalue weighted by molar-refractivity contribution is 0.0150. The average molecular weight is 241 g/mol. The zero-order valence-electron chi connectivity index (χ0n) is 11.4. The molecule has 1 heterocycles. The fraction of sp³-hybridized carbons (Fsp3) is 0.769. The Hall–Kier alpha value is -1.19. The van der Waals surface area contributed by atoms with E-state index in [1.54, 1.807) is 18.3 Å². The second-order valence-corrected chi connectivity index (χ2v) is 5.49. The van der Waals surface area contributed by atoms with Gasteiger partial charge < -0.3 is 14.4 Å². The van der Waals surface area contributed by atoms with Crippen molar-refractivity contribution in [2.24, 2.45) is 0 Å². The summed E-state index contributed by atoms with van der Waals surface area (Å²) in [5.74, 6) is 0. The second-order valence-electron chi connectivity index (χ2n) is 5.49. The molecule has 0 aromatic heterocycles. The van der Waals surface area contributed by atoms with E-state index in [4.69, 9.17) is 9.47 Å². The lowest BCUT2D eigenvalue weighted by Crippen LogP contribution is -2.45. The molecule has 1 unspecified atom stereocenters. The molecular weight excluding hydrogens is 218 g/mol. The van der Waals surface area contributed by atoms with Gasteiger partial charge in [0, 0.05) is 12.6 Å². The number of rotatable bonds is 1. The minimum Gasteiger partial charge on any atom is -0.504 e. The monoisotopic (exact) mass is 241 g/mol. The van der Waals surface area contributed by atoms with Crippen LogP contribution in [0.15, 0.2) is 11.8 Å². The minimum absolute atomic E-state index is 0.167. The van der Waals surface area contributed by atoms with Gasteiger partial charge in [-0.3, -0.25) is 0 Å². The Morgan fingerprint density at radius 1 is 1.47 bits per heavy atom. The van der Waals surface area contributed by atoms with Crippen LogP contribution < -0.4 is 0 Å². The first-order chi connectivity index (χ1) is 7.83. The van der Waals surface area contributed by atoms with Gasteiger partial charge in [0.25, 0.3) is 0 Å². The molecule has 0 aromatic carbocycles. The maximum atomic E-state index is 11.9. The summed E-state index contributed by atoms with van der Waals surface area (Å²) in [6.07, 6.45) is 3.27. The number of likely N-dealkylation sites (tertiary alicyclic amines) is 1. The molecular formula is C13H23NO3. The third-order valence-electron chi connectivity index (χ3n) is 2.68. The summed E-state index contributed by atoms with van der Waals surface area (Å²) < 4.78 is 10.4. The molecule has 1 rings (SSSR count). The molecule has 1 fully saturated rings. The van der Waals surface area contributed by atoms with E-state index < -0.39 is 5.60 Å². The summed E-state index contributed by atoms with van der Waals surface area (Å²) in [6.45, 7) is 8.39. The molecule has 0 spiro atoms. The molecule has 1 amide bonds. The Morgan fingerprint density at radius 2 is 2.12 bits per heavy atom. The number of carbonyl (C=O) groups excluding carboxylic acids is 1. The van der Waals surface area contributed by atoms with Crippen LogP contribution in [-0.4, -0.2) is 36.3 Å². The van der Waals surface area contributed by atoms with E-state index in [-0.39, 0.29) is 12.1 Å². The molecule has 0 radical (unpaired) electrons. The van der Waals surface area contributed by atoms with Gasteiger partial charge in [0.15, 0.2) is 0 Å². The van der Waals surface area contributed by atoms with Gasteiger partial charge in [-0.05, 0) is 46.1 Å². The first-order valence-corrected chi connectivity index (χ1v) is 6.04. The lowest BCUT2D eigenvalue weighted by atomic mass is 9.99.